The van der Waals surface area contributed by atoms with Crippen molar-refractivity contribution in [3.05, 3.63) is 45.3 Å². The highest BCUT2D eigenvalue weighted by Gasteiger charge is 2.15. The molecule has 1 aliphatic carbocycles. The van der Waals surface area contributed by atoms with Crippen LogP contribution in [0.1, 0.15) is 83.4 Å². The third-order valence-electron chi connectivity index (χ3n) is 5.55. The van der Waals surface area contributed by atoms with Gasteiger partial charge in [0.15, 0.2) is 5.43 Å². The van der Waals surface area contributed by atoms with E-state index in [0.29, 0.717) is 17.4 Å². The normalized spacial score (nSPS) is 19.2. The smallest absolute Gasteiger partial charge is 0.195 e. The molecule has 0 saturated heterocycles. The number of fused-ring (bicyclic) bond motifs is 1. The Kier molecular flexibility index (Phi) is 9.69. The Morgan fingerprint density at radius 1 is 1.00 bits per heavy atom. The Balaban J connectivity index is 0.000000263. The summed E-state index contributed by atoms with van der Waals surface area (Å²) in [6.07, 6.45) is 9.66. The Morgan fingerprint density at radius 3 is 2.12 bits per heavy atom. The van der Waals surface area contributed by atoms with Gasteiger partial charge in [0.25, 0.3) is 0 Å². The van der Waals surface area contributed by atoms with E-state index in [9.17, 15) is 4.79 Å². The van der Waals surface area contributed by atoms with Crippen molar-refractivity contribution >= 4 is 11.0 Å². The molecule has 0 radical (unpaired) electrons. The summed E-state index contributed by atoms with van der Waals surface area (Å²) in [4.78, 5) is 12.0. The van der Waals surface area contributed by atoms with Crippen LogP contribution in [0.4, 0.5) is 0 Å². The van der Waals surface area contributed by atoms with Crippen molar-refractivity contribution in [3.8, 4) is 0 Å². The molecule has 3 rings (SSSR count). The quantitative estimate of drug-likeness (QED) is 0.567. The molecule has 0 aliphatic heterocycles. The van der Waals surface area contributed by atoms with Gasteiger partial charge in [0.1, 0.15) is 5.58 Å². The lowest BCUT2D eigenvalue weighted by Gasteiger charge is -2.24. The molecule has 2 heteroatoms. The van der Waals surface area contributed by atoms with Gasteiger partial charge in [-0.2, -0.15) is 0 Å². The van der Waals surface area contributed by atoms with Crippen LogP contribution in [0.2, 0.25) is 0 Å². The molecule has 2 nitrogen and oxygen atoms in total. The molecule has 0 unspecified atom stereocenters. The minimum Gasteiger partial charge on any atom is -0.464 e. The van der Waals surface area contributed by atoms with Crippen molar-refractivity contribution in [2.45, 2.75) is 87.0 Å². The van der Waals surface area contributed by atoms with Crippen molar-refractivity contribution < 1.29 is 4.42 Å². The molecule has 0 N–H and O–H groups in total. The molecule has 0 amide bonds. The molecule has 0 atom stereocenters. The van der Waals surface area contributed by atoms with Crippen LogP contribution in [0, 0.1) is 25.7 Å². The number of hydrogen-bond acceptors (Lipinski definition) is 2. The van der Waals surface area contributed by atoms with Crippen molar-refractivity contribution in [3.63, 3.8) is 0 Å². The van der Waals surface area contributed by atoms with Gasteiger partial charge >= 0.3 is 0 Å². The van der Waals surface area contributed by atoms with Gasteiger partial charge in [0.2, 0.25) is 0 Å². The average Bonchev–Trinajstić information content (AvgIpc) is 2.67. The third kappa shape index (κ3) is 6.00. The van der Waals surface area contributed by atoms with Crippen LogP contribution in [0.15, 0.2) is 27.6 Å². The number of rotatable bonds is 2. The molecule has 1 fully saturated rings. The second-order valence-corrected chi connectivity index (χ2v) is 7.41. The molecule has 1 aliphatic rings. The highest BCUT2D eigenvalue weighted by Crippen LogP contribution is 2.29. The Labute approximate surface area is 160 Å². The van der Waals surface area contributed by atoms with Crippen LogP contribution in [-0.4, -0.2) is 0 Å². The molecule has 1 saturated carbocycles. The fourth-order valence-electron chi connectivity index (χ4n) is 3.41. The first kappa shape index (κ1) is 22.5. The van der Waals surface area contributed by atoms with Crippen LogP contribution in [0.5, 0.6) is 0 Å². The fraction of sp³-hybridized carbons (Fsp3) is 0.625. The van der Waals surface area contributed by atoms with Gasteiger partial charge in [-0.25, -0.2) is 0 Å². The zero-order chi connectivity index (χ0) is 19.7. The van der Waals surface area contributed by atoms with E-state index in [4.69, 9.17) is 4.42 Å². The summed E-state index contributed by atoms with van der Waals surface area (Å²) in [5.41, 5.74) is 3.80. The van der Waals surface area contributed by atoms with Gasteiger partial charge in [-0.05, 0) is 55.4 Å². The third-order valence-corrected chi connectivity index (χ3v) is 5.55. The second kappa shape index (κ2) is 11.2. The minimum absolute atomic E-state index is 0.0989. The lowest BCUT2D eigenvalue weighted by molar-refractivity contribution is 0.284. The predicted molar refractivity (Wildman–Crippen MR) is 114 cm³/mol. The monoisotopic (exact) mass is 358 g/mol. The summed E-state index contributed by atoms with van der Waals surface area (Å²) in [7, 11) is 0. The van der Waals surface area contributed by atoms with Crippen molar-refractivity contribution in [1.82, 2.24) is 0 Å². The van der Waals surface area contributed by atoms with Gasteiger partial charge in [0.05, 0.1) is 11.6 Å². The molecule has 1 heterocycles. The van der Waals surface area contributed by atoms with Gasteiger partial charge in [-0.3, -0.25) is 4.79 Å². The van der Waals surface area contributed by atoms with E-state index < -0.39 is 0 Å². The van der Waals surface area contributed by atoms with E-state index in [0.717, 1.165) is 28.5 Å². The van der Waals surface area contributed by atoms with E-state index in [2.05, 4.69) is 13.8 Å². The second-order valence-electron chi connectivity index (χ2n) is 7.41. The van der Waals surface area contributed by atoms with Gasteiger partial charge < -0.3 is 4.42 Å². The van der Waals surface area contributed by atoms with Gasteiger partial charge in [-0.1, -0.05) is 66.7 Å². The molecule has 0 bridgehead atoms. The summed E-state index contributed by atoms with van der Waals surface area (Å²) in [6, 6.07) is 3.83. The lowest BCUT2D eigenvalue weighted by atomic mass is 9.82. The van der Waals surface area contributed by atoms with Crippen LogP contribution in [-0.2, 0) is 6.42 Å². The molecule has 146 valence electrons. The summed E-state index contributed by atoms with van der Waals surface area (Å²) >= 11 is 0. The summed E-state index contributed by atoms with van der Waals surface area (Å²) in [6.45, 7) is 14.7. The maximum absolute atomic E-state index is 12.0. The van der Waals surface area contributed by atoms with E-state index in [1.807, 2.05) is 46.8 Å². The number of aryl methyl sites for hydroxylation is 3. The van der Waals surface area contributed by atoms with E-state index in [1.165, 1.54) is 32.1 Å². The van der Waals surface area contributed by atoms with Crippen molar-refractivity contribution in [2.24, 2.45) is 11.8 Å². The number of hydrogen-bond donors (Lipinski definition) is 0. The first-order valence-corrected chi connectivity index (χ1v) is 10.5. The first-order valence-electron chi connectivity index (χ1n) is 10.5. The molecular weight excluding hydrogens is 320 g/mol. The van der Waals surface area contributed by atoms with Gasteiger partial charge in [-0.15, -0.1) is 0 Å². The Hall–Kier alpha value is -1.57. The maximum Gasteiger partial charge on any atom is 0.195 e. The SMILES string of the molecule is CC.CCC1CCC(C)CC1.CCc1coc2cc(C)c(C)cc2c1=O. The lowest BCUT2D eigenvalue weighted by Crippen LogP contribution is -2.10. The molecule has 1 aromatic heterocycles. The average molecular weight is 359 g/mol. The van der Waals surface area contributed by atoms with Crippen LogP contribution >= 0.6 is 0 Å². The van der Waals surface area contributed by atoms with Crippen molar-refractivity contribution in [1.29, 1.82) is 0 Å². The van der Waals surface area contributed by atoms with Crippen LogP contribution in [0.3, 0.4) is 0 Å². The fourth-order valence-corrected chi connectivity index (χ4v) is 3.41. The molecule has 0 spiro atoms. The Bertz CT molecular complexity index is 719. The zero-order valence-electron chi connectivity index (χ0n) is 17.9. The Morgan fingerprint density at radius 2 is 1.58 bits per heavy atom. The van der Waals surface area contributed by atoms with Crippen LogP contribution < -0.4 is 5.43 Å². The van der Waals surface area contributed by atoms with E-state index in [1.54, 1.807) is 6.26 Å². The number of benzene rings is 1. The standard InChI is InChI=1S/C13H14O2.C9H18.C2H6/c1-4-10-7-15-12-6-9(3)8(2)5-11(12)13(10)14;1-3-9-6-4-8(2)5-7-9;1-2/h5-7H,4H2,1-3H3;8-9H,3-7H2,1-2H3;1-2H3. The predicted octanol–water partition coefficient (Wildman–Crippen LogP) is 7.22. The van der Waals surface area contributed by atoms with Gasteiger partial charge in [0, 0.05) is 5.56 Å². The minimum atomic E-state index is 0.0989. The van der Waals surface area contributed by atoms with Crippen molar-refractivity contribution in [2.75, 3.05) is 0 Å². The summed E-state index contributed by atoms with van der Waals surface area (Å²) in [5, 5.41) is 0.692. The topological polar surface area (TPSA) is 30.2 Å². The highest BCUT2D eigenvalue weighted by atomic mass is 16.3. The highest BCUT2D eigenvalue weighted by molar-refractivity contribution is 5.78. The molecular formula is C24H38O2. The maximum atomic E-state index is 12.0. The van der Waals surface area contributed by atoms with E-state index >= 15 is 0 Å². The largest absolute Gasteiger partial charge is 0.464 e. The molecule has 26 heavy (non-hydrogen) atoms. The summed E-state index contributed by atoms with van der Waals surface area (Å²) in [5.74, 6) is 2.09. The summed E-state index contributed by atoms with van der Waals surface area (Å²) < 4.78 is 5.45. The molecule has 2 aromatic rings. The first-order chi connectivity index (χ1) is 12.5. The van der Waals surface area contributed by atoms with Crippen LogP contribution in [0.25, 0.3) is 11.0 Å². The zero-order valence-corrected chi connectivity index (χ0v) is 17.9. The molecule has 1 aromatic carbocycles. The van der Waals surface area contributed by atoms with E-state index in [-0.39, 0.29) is 5.43 Å².